The maximum atomic E-state index is 3.68. The predicted octanol–water partition coefficient (Wildman–Crippen LogP) is 6.37. The molecule has 2 aromatic rings. The normalized spacial score (nSPS) is 12.4. The van der Waals surface area contributed by atoms with Crippen LogP contribution < -0.4 is 5.32 Å². The van der Waals surface area contributed by atoms with Gasteiger partial charge < -0.3 is 5.32 Å². The molecule has 2 rings (SSSR count). The number of aryl methyl sites for hydroxylation is 1. The van der Waals surface area contributed by atoms with Crippen molar-refractivity contribution < 1.29 is 0 Å². The van der Waals surface area contributed by atoms with E-state index in [2.05, 4.69) is 103 Å². The zero-order chi connectivity index (χ0) is 15.4. The van der Waals surface area contributed by atoms with Crippen LogP contribution in [0, 0.1) is 6.92 Å². The van der Waals surface area contributed by atoms with Crippen LogP contribution >= 0.6 is 47.8 Å². The lowest BCUT2D eigenvalue weighted by molar-refractivity contribution is 0.596. The molecule has 0 aliphatic rings. The number of halogens is 3. The number of hydrogen-bond acceptors (Lipinski definition) is 1. The number of hydrogen-bond donors (Lipinski definition) is 1. The average molecular weight is 476 g/mol. The van der Waals surface area contributed by atoms with Crippen LogP contribution in [0.5, 0.6) is 0 Å². The Morgan fingerprint density at radius 1 is 1.00 bits per heavy atom. The maximum Gasteiger partial charge on any atom is 0.0588 e. The van der Waals surface area contributed by atoms with Gasteiger partial charge in [0.25, 0.3) is 0 Å². The summed E-state index contributed by atoms with van der Waals surface area (Å²) in [5.74, 6) is 0. The van der Waals surface area contributed by atoms with E-state index in [4.69, 9.17) is 0 Å². The molecule has 21 heavy (non-hydrogen) atoms. The van der Waals surface area contributed by atoms with E-state index in [0.717, 1.165) is 26.4 Å². The molecule has 0 aromatic heterocycles. The third-order valence-electron chi connectivity index (χ3n) is 3.38. The lowest BCUT2D eigenvalue weighted by Crippen LogP contribution is -2.23. The highest BCUT2D eigenvalue weighted by molar-refractivity contribution is 9.11. The van der Waals surface area contributed by atoms with Crippen LogP contribution in [0.15, 0.2) is 49.8 Å². The molecule has 0 fully saturated rings. The van der Waals surface area contributed by atoms with E-state index in [1.807, 2.05) is 0 Å². The maximum absolute atomic E-state index is 3.68. The van der Waals surface area contributed by atoms with E-state index in [-0.39, 0.29) is 6.04 Å². The Balaban J connectivity index is 2.46. The van der Waals surface area contributed by atoms with E-state index in [0.29, 0.717) is 0 Å². The third kappa shape index (κ3) is 4.41. The standard InChI is InChI=1S/C17H18Br3N/c1-3-8-21-17(12-4-6-15(19)11(2)9-12)14-10-13(18)5-7-16(14)20/h4-7,9-10,17,21H,3,8H2,1-2H3. The summed E-state index contributed by atoms with van der Waals surface area (Å²) < 4.78 is 3.37. The van der Waals surface area contributed by atoms with Crippen LogP contribution in [-0.4, -0.2) is 6.54 Å². The summed E-state index contributed by atoms with van der Waals surface area (Å²) in [6, 6.07) is 13.0. The van der Waals surface area contributed by atoms with Gasteiger partial charge in [-0.15, -0.1) is 0 Å². The van der Waals surface area contributed by atoms with Gasteiger partial charge in [-0.1, -0.05) is 66.8 Å². The second-order valence-electron chi connectivity index (χ2n) is 5.06. The first-order chi connectivity index (χ1) is 10.0. The fourth-order valence-corrected chi connectivity index (χ4v) is 3.38. The van der Waals surface area contributed by atoms with Crippen molar-refractivity contribution in [1.29, 1.82) is 0 Å². The van der Waals surface area contributed by atoms with E-state index < -0.39 is 0 Å². The van der Waals surface area contributed by atoms with Crippen LogP contribution in [0.25, 0.3) is 0 Å². The quantitative estimate of drug-likeness (QED) is 0.529. The third-order valence-corrected chi connectivity index (χ3v) is 5.49. The van der Waals surface area contributed by atoms with Crippen molar-refractivity contribution >= 4 is 47.8 Å². The largest absolute Gasteiger partial charge is 0.306 e. The van der Waals surface area contributed by atoms with Crippen molar-refractivity contribution in [1.82, 2.24) is 5.32 Å². The molecular formula is C17H18Br3N. The predicted molar refractivity (Wildman–Crippen MR) is 101 cm³/mol. The molecule has 0 radical (unpaired) electrons. The van der Waals surface area contributed by atoms with Crippen molar-refractivity contribution in [2.75, 3.05) is 6.54 Å². The van der Waals surface area contributed by atoms with Crippen LogP contribution in [-0.2, 0) is 0 Å². The van der Waals surface area contributed by atoms with Gasteiger partial charge in [0.05, 0.1) is 6.04 Å². The number of nitrogens with one attached hydrogen (secondary N) is 1. The molecule has 0 spiro atoms. The summed E-state index contributed by atoms with van der Waals surface area (Å²) in [4.78, 5) is 0. The summed E-state index contributed by atoms with van der Waals surface area (Å²) in [6.45, 7) is 5.30. The summed E-state index contributed by atoms with van der Waals surface area (Å²) in [7, 11) is 0. The van der Waals surface area contributed by atoms with E-state index in [1.54, 1.807) is 0 Å². The van der Waals surface area contributed by atoms with Gasteiger partial charge in [-0.3, -0.25) is 0 Å². The van der Waals surface area contributed by atoms with Crippen LogP contribution in [0.2, 0.25) is 0 Å². The summed E-state index contributed by atoms with van der Waals surface area (Å²) in [6.07, 6.45) is 1.11. The van der Waals surface area contributed by atoms with Crippen molar-refractivity contribution in [3.05, 3.63) is 66.5 Å². The molecule has 1 nitrogen and oxygen atoms in total. The van der Waals surface area contributed by atoms with Crippen molar-refractivity contribution in [3.63, 3.8) is 0 Å². The van der Waals surface area contributed by atoms with Gasteiger partial charge in [0, 0.05) is 13.4 Å². The SMILES string of the molecule is CCCNC(c1ccc(Br)c(C)c1)c1cc(Br)ccc1Br. The molecule has 1 unspecified atom stereocenters. The first kappa shape index (κ1) is 17.2. The highest BCUT2D eigenvalue weighted by atomic mass is 79.9. The molecule has 1 N–H and O–H groups in total. The second kappa shape index (κ2) is 7.91. The van der Waals surface area contributed by atoms with E-state index >= 15 is 0 Å². The first-order valence-electron chi connectivity index (χ1n) is 6.97. The fourth-order valence-electron chi connectivity index (χ4n) is 2.28. The zero-order valence-corrected chi connectivity index (χ0v) is 16.8. The minimum absolute atomic E-state index is 0.184. The highest BCUT2D eigenvalue weighted by Gasteiger charge is 2.17. The highest BCUT2D eigenvalue weighted by Crippen LogP contribution is 2.32. The Labute approximate surface area is 151 Å². The van der Waals surface area contributed by atoms with Crippen molar-refractivity contribution in [2.24, 2.45) is 0 Å². The topological polar surface area (TPSA) is 12.0 Å². The average Bonchev–Trinajstić information content (AvgIpc) is 2.46. The fraction of sp³-hybridized carbons (Fsp3) is 0.294. The summed E-state index contributed by atoms with van der Waals surface area (Å²) in [5, 5.41) is 3.65. The molecule has 4 heteroatoms. The van der Waals surface area contributed by atoms with Gasteiger partial charge in [-0.25, -0.2) is 0 Å². The molecule has 2 aromatic carbocycles. The Kier molecular flexibility index (Phi) is 6.48. The Morgan fingerprint density at radius 2 is 1.71 bits per heavy atom. The molecule has 0 amide bonds. The van der Waals surface area contributed by atoms with Gasteiger partial charge >= 0.3 is 0 Å². The van der Waals surface area contributed by atoms with Crippen LogP contribution in [0.3, 0.4) is 0 Å². The molecule has 1 atom stereocenters. The van der Waals surface area contributed by atoms with Gasteiger partial charge in [0.15, 0.2) is 0 Å². The Hall–Kier alpha value is -0.160. The number of rotatable bonds is 5. The van der Waals surface area contributed by atoms with Crippen molar-refractivity contribution in [3.8, 4) is 0 Å². The van der Waals surface area contributed by atoms with E-state index in [9.17, 15) is 0 Å². The number of benzene rings is 2. The molecule has 0 aliphatic carbocycles. The molecule has 0 bridgehead atoms. The molecule has 0 saturated carbocycles. The second-order valence-corrected chi connectivity index (χ2v) is 7.69. The van der Waals surface area contributed by atoms with Gasteiger partial charge in [0.2, 0.25) is 0 Å². The smallest absolute Gasteiger partial charge is 0.0588 e. The lowest BCUT2D eigenvalue weighted by Gasteiger charge is -2.22. The zero-order valence-electron chi connectivity index (χ0n) is 12.1. The Bertz CT molecular complexity index is 625. The molecular weight excluding hydrogens is 458 g/mol. The minimum Gasteiger partial charge on any atom is -0.306 e. The summed E-state index contributed by atoms with van der Waals surface area (Å²) in [5.41, 5.74) is 3.78. The molecule has 0 saturated heterocycles. The monoisotopic (exact) mass is 473 g/mol. The Morgan fingerprint density at radius 3 is 2.38 bits per heavy atom. The van der Waals surface area contributed by atoms with Gasteiger partial charge in [0.1, 0.15) is 0 Å². The van der Waals surface area contributed by atoms with Crippen LogP contribution in [0.4, 0.5) is 0 Å². The molecule has 0 aliphatic heterocycles. The first-order valence-corrected chi connectivity index (χ1v) is 9.35. The van der Waals surface area contributed by atoms with Crippen LogP contribution in [0.1, 0.15) is 36.1 Å². The molecule has 0 heterocycles. The lowest BCUT2D eigenvalue weighted by atomic mass is 9.97. The molecule has 112 valence electrons. The van der Waals surface area contributed by atoms with Gasteiger partial charge in [-0.2, -0.15) is 0 Å². The summed E-state index contributed by atoms with van der Waals surface area (Å²) >= 11 is 10.8. The van der Waals surface area contributed by atoms with Crippen molar-refractivity contribution in [2.45, 2.75) is 26.3 Å². The van der Waals surface area contributed by atoms with E-state index in [1.165, 1.54) is 16.7 Å². The minimum atomic E-state index is 0.184. The van der Waals surface area contributed by atoms with Gasteiger partial charge in [-0.05, 0) is 60.8 Å².